The molecule has 222 valence electrons. The molecule has 2 fully saturated rings. The number of hydrogen-bond acceptors (Lipinski definition) is 6. The topological polar surface area (TPSA) is 105 Å². The van der Waals surface area contributed by atoms with E-state index in [1.165, 1.54) is 23.0 Å². The van der Waals surface area contributed by atoms with Gasteiger partial charge in [0.2, 0.25) is 0 Å². The van der Waals surface area contributed by atoms with E-state index in [0.717, 1.165) is 15.9 Å². The number of imide groups is 1. The summed E-state index contributed by atoms with van der Waals surface area (Å²) in [5.74, 6) is -0.612. The molecule has 0 aliphatic carbocycles. The van der Waals surface area contributed by atoms with Crippen LogP contribution in [0.1, 0.15) is 22.3 Å². The fourth-order valence-electron chi connectivity index (χ4n) is 4.71. The number of halogens is 6. The molecule has 1 N–H and O–H groups in total. The third-order valence-electron chi connectivity index (χ3n) is 6.77. The van der Waals surface area contributed by atoms with E-state index in [0.29, 0.717) is 34.3 Å². The average Bonchev–Trinajstić information content (AvgIpc) is 3.42. The van der Waals surface area contributed by atoms with Crippen LogP contribution in [0, 0.1) is 0 Å². The molecule has 2 aliphatic rings. The van der Waals surface area contributed by atoms with E-state index in [1.54, 1.807) is 12.1 Å². The number of carbonyl (C=O) groups is 3. The third kappa shape index (κ3) is 5.94. The molecular formula is C26H20F6N4O5S. The van der Waals surface area contributed by atoms with Gasteiger partial charge in [0.15, 0.2) is 0 Å². The predicted molar refractivity (Wildman–Crippen MR) is 137 cm³/mol. The van der Waals surface area contributed by atoms with E-state index < -0.39 is 58.9 Å². The van der Waals surface area contributed by atoms with Crippen molar-refractivity contribution in [2.45, 2.75) is 24.9 Å². The Hall–Kier alpha value is -4.05. The molecule has 5 rings (SSSR count). The van der Waals surface area contributed by atoms with Gasteiger partial charge in [-0.2, -0.15) is 31.4 Å². The fraction of sp³-hybridized carbons (Fsp3) is 0.308. The maximum Gasteiger partial charge on any atom is 0.416 e. The number of fused-ring (bicyclic) bond motifs is 1. The summed E-state index contributed by atoms with van der Waals surface area (Å²) in [4.78, 5) is 39.2. The molecule has 2 aliphatic heterocycles. The number of thioether (sulfide) groups is 1. The van der Waals surface area contributed by atoms with Gasteiger partial charge in [-0.05, 0) is 53.2 Å². The quantitative estimate of drug-likeness (QED) is 0.297. The molecule has 1 aromatic heterocycles. The van der Waals surface area contributed by atoms with Gasteiger partial charge in [0.25, 0.3) is 11.1 Å². The second kappa shape index (κ2) is 11.0. The van der Waals surface area contributed by atoms with Gasteiger partial charge in [-0.15, -0.1) is 0 Å². The Morgan fingerprint density at radius 1 is 1.10 bits per heavy atom. The first-order valence-corrected chi connectivity index (χ1v) is 13.1. The Balaban J connectivity index is 1.36. The van der Waals surface area contributed by atoms with Crippen LogP contribution in [0.2, 0.25) is 0 Å². The van der Waals surface area contributed by atoms with Gasteiger partial charge in [0, 0.05) is 11.9 Å². The van der Waals surface area contributed by atoms with Gasteiger partial charge in [-0.1, -0.05) is 12.1 Å². The van der Waals surface area contributed by atoms with Crippen molar-refractivity contribution < 1.29 is 50.6 Å². The van der Waals surface area contributed by atoms with Crippen LogP contribution in [-0.4, -0.2) is 74.3 Å². The molecule has 1 atom stereocenters. The number of aromatic nitrogens is 2. The van der Waals surface area contributed by atoms with Crippen LogP contribution in [0.5, 0.6) is 0 Å². The summed E-state index contributed by atoms with van der Waals surface area (Å²) < 4.78 is 86.3. The normalized spacial score (nSPS) is 19.4. The number of amides is 3. The number of carbonyl (C=O) groups excluding carboxylic acids is 2. The lowest BCUT2D eigenvalue weighted by molar-refractivity contribution is -0.143. The molecular weight excluding hydrogens is 594 g/mol. The van der Waals surface area contributed by atoms with Crippen LogP contribution in [0.25, 0.3) is 17.0 Å². The van der Waals surface area contributed by atoms with Crippen molar-refractivity contribution in [3.8, 4) is 0 Å². The molecule has 2 saturated heterocycles. The Kier molecular flexibility index (Phi) is 7.70. The standard InChI is InChI=1S/C26H20F6N4O5S/c27-25(28,29)17-3-2-15(19(9-17)26(30,31)32)11-36-20-4-1-14(7-16(20)10-33-36)8-21-22(37)35(24(40)42-21)12-18-13-41-6-5-34(18)23(38)39/h1-4,7-10,18H,5-6,11-13H2,(H,38,39)/t18-/m0/s1. The molecule has 3 aromatic rings. The monoisotopic (exact) mass is 614 g/mol. The number of ether oxygens (including phenoxy) is 1. The van der Waals surface area contributed by atoms with Gasteiger partial charge in [-0.25, -0.2) is 4.79 Å². The van der Waals surface area contributed by atoms with E-state index >= 15 is 0 Å². The molecule has 0 spiro atoms. The Bertz CT molecular complexity index is 1600. The highest BCUT2D eigenvalue weighted by Gasteiger charge is 2.40. The minimum atomic E-state index is -5.02. The average molecular weight is 615 g/mol. The van der Waals surface area contributed by atoms with E-state index in [4.69, 9.17) is 4.74 Å². The highest BCUT2D eigenvalue weighted by atomic mass is 32.2. The SMILES string of the molecule is O=C1SC(=Cc2ccc3c(cnn3Cc3ccc(C(F)(F)F)cc3C(F)(F)F)c2)C(=O)N1C[C@H]1COCCN1C(=O)O. The first-order valence-electron chi connectivity index (χ1n) is 12.3. The van der Waals surface area contributed by atoms with E-state index in [9.17, 15) is 45.8 Å². The van der Waals surface area contributed by atoms with Gasteiger partial charge >= 0.3 is 18.4 Å². The lowest BCUT2D eigenvalue weighted by atomic mass is 10.0. The van der Waals surface area contributed by atoms with Gasteiger partial charge in [-0.3, -0.25) is 24.1 Å². The molecule has 2 aromatic carbocycles. The number of carboxylic acid groups (broad SMARTS) is 1. The summed E-state index contributed by atoms with van der Waals surface area (Å²) in [6.07, 6.45) is -8.34. The zero-order valence-corrected chi connectivity index (χ0v) is 22.1. The van der Waals surface area contributed by atoms with Crippen LogP contribution >= 0.6 is 11.8 Å². The van der Waals surface area contributed by atoms with Crippen molar-refractivity contribution in [3.05, 3.63) is 69.8 Å². The molecule has 0 unspecified atom stereocenters. The first-order chi connectivity index (χ1) is 19.7. The summed E-state index contributed by atoms with van der Waals surface area (Å²) in [7, 11) is 0. The molecule has 0 bridgehead atoms. The fourth-order valence-corrected chi connectivity index (χ4v) is 5.56. The van der Waals surface area contributed by atoms with Crippen molar-refractivity contribution in [1.82, 2.24) is 19.6 Å². The van der Waals surface area contributed by atoms with E-state index in [2.05, 4.69) is 5.10 Å². The summed E-state index contributed by atoms with van der Waals surface area (Å²) in [6, 6.07) is 5.39. The molecule has 16 heteroatoms. The Morgan fingerprint density at radius 2 is 1.86 bits per heavy atom. The molecule has 0 saturated carbocycles. The second-order valence-corrected chi connectivity index (χ2v) is 10.5. The number of benzene rings is 2. The summed E-state index contributed by atoms with van der Waals surface area (Å²) in [6.45, 7) is -0.283. The Labute approximate surface area is 237 Å². The maximum atomic E-state index is 13.6. The smallest absolute Gasteiger partial charge is 0.416 e. The van der Waals surface area contributed by atoms with Crippen molar-refractivity contribution in [2.75, 3.05) is 26.3 Å². The third-order valence-corrected chi connectivity index (χ3v) is 7.67. The predicted octanol–water partition coefficient (Wildman–Crippen LogP) is 5.54. The number of rotatable bonds is 5. The zero-order chi connectivity index (χ0) is 30.4. The van der Waals surface area contributed by atoms with Gasteiger partial charge in [0.1, 0.15) is 0 Å². The first kappa shape index (κ1) is 29.4. The highest BCUT2D eigenvalue weighted by molar-refractivity contribution is 8.18. The number of morpholine rings is 1. The zero-order valence-electron chi connectivity index (χ0n) is 21.3. The molecule has 9 nitrogen and oxygen atoms in total. The van der Waals surface area contributed by atoms with Crippen molar-refractivity contribution in [3.63, 3.8) is 0 Å². The maximum absolute atomic E-state index is 13.6. The number of alkyl halides is 6. The van der Waals surface area contributed by atoms with Crippen LogP contribution < -0.4 is 0 Å². The molecule has 42 heavy (non-hydrogen) atoms. The molecule has 3 heterocycles. The van der Waals surface area contributed by atoms with Crippen molar-refractivity contribution in [1.29, 1.82) is 0 Å². The lowest BCUT2D eigenvalue weighted by Gasteiger charge is -2.34. The minimum Gasteiger partial charge on any atom is -0.465 e. The second-order valence-electron chi connectivity index (χ2n) is 9.48. The molecule has 0 radical (unpaired) electrons. The minimum absolute atomic E-state index is 0.0324. The van der Waals surface area contributed by atoms with Crippen molar-refractivity contribution >= 4 is 46.0 Å². The van der Waals surface area contributed by atoms with Crippen LogP contribution in [-0.2, 0) is 28.4 Å². The summed E-state index contributed by atoms with van der Waals surface area (Å²) in [5, 5.41) is 13.4. The van der Waals surface area contributed by atoms with Crippen molar-refractivity contribution in [2.24, 2.45) is 0 Å². The largest absolute Gasteiger partial charge is 0.465 e. The van der Waals surface area contributed by atoms with E-state index in [1.807, 2.05) is 0 Å². The Morgan fingerprint density at radius 3 is 2.55 bits per heavy atom. The van der Waals surface area contributed by atoms with E-state index in [-0.39, 0.29) is 37.3 Å². The molecule has 3 amide bonds. The van der Waals surface area contributed by atoms with Gasteiger partial charge in [0.05, 0.1) is 60.1 Å². The van der Waals surface area contributed by atoms with Gasteiger partial charge < -0.3 is 9.84 Å². The van der Waals surface area contributed by atoms with Crippen LogP contribution in [0.15, 0.2) is 47.5 Å². The highest BCUT2D eigenvalue weighted by Crippen LogP contribution is 2.38. The van der Waals surface area contributed by atoms with Crippen LogP contribution in [0.4, 0.5) is 35.9 Å². The number of nitrogens with zero attached hydrogens (tertiary/aromatic N) is 4. The number of hydrogen-bond donors (Lipinski definition) is 1. The van der Waals surface area contributed by atoms with Crippen LogP contribution in [0.3, 0.4) is 0 Å². The summed E-state index contributed by atoms with van der Waals surface area (Å²) in [5.41, 5.74) is -2.36. The lowest BCUT2D eigenvalue weighted by Crippen LogP contribution is -2.53. The summed E-state index contributed by atoms with van der Waals surface area (Å²) >= 11 is 0.678.